The van der Waals surface area contributed by atoms with E-state index in [1.54, 1.807) is 48.5 Å². The van der Waals surface area contributed by atoms with Crippen LogP contribution in [0.5, 0.6) is 5.75 Å². The average molecular weight is 807 g/mol. The number of carbonyl (C=O) groups excluding carboxylic acids is 4. The van der Waals surface area contributed by atoms with Crippen molar-refractivity contribution in [3.8, 4) is 5.75 Å². The zero-order chi connectivity index (χ0) is 42.4. The maximum absolute atomic E-state index is 15.6. The van der Waals surface area contributed by atoms with Crippen molar-refractivity contribution in [2.45, 2.75) is 31.1 Å². The molecule has 60 heavy (non-hydrogen) atoms. The summed E-state index contributed by atoms with van der Waals surface area (Å²) in [6, 6.07) is 28.8. The van der Waals surface area contributed by atoms with Crippen LogP contribution in [0.15, 0.2) is 115 Å². The Morgan fingerprint density at radius 3 is 2.05 bits per heavy atom. The maximum Gasteiger partial charge on any atom is 0.301 e. The van der Waals surface area contributed by atoms with Crippen molar-refractivity contribution < 1.29 is 34.1 Å². The Hall–Kier alpha value is -7.42. The Morgan fingerprint density at radius 2 is 1.42 bits per heavy atom. The summed E-state index contributed by atoms with van der Waals surface area (Å²) in [4.78, 5) is 85.0. The van der Waals surface area contributed by atoms with E-state index >= 15 is 9.59 Å². The van der Waals surface area contributed by atoms with E-state index in [9.17, 15) is 34.9 Å². The Labute approximate surface area is 342 Å². The number of benzene rings is 5. The zero-order valence-corrected chi connectivity index (χ0v) is 32.6. The van der Waals surface area contributed by atoms with Gasteiger partial charge in [0.15, 0.2) is 5.69 Å². The molecule has 2 aliphatic carbocycles. The van der Waals surface area contributed by atoms with E-state index in [0.29, 0.717) is 33.2 Å². The lowest BCUT2D eigenvalue weighted by Gasteiger charge is -2.51. The summed E-state index contributed by atoms with van der Waals surface area (Å²) in [6.07, 6.45) is 1.91. The predicted molar refractivity (Wildman–Crippen MR) is 221 cm³/mol. The van der Waals surface area contributed by atoms with Gasteiger partial charge in [-0.1, -0.05) is 90.0 Å². The molecule has 0 bridgehead atoms. The highest BCUT2D eigenvalue weighted by Crippen LogP contribution is 2.65. The molecule has 2 N–H and O–H groups in total. The van der Waals surface area contributed by atoms with Gasteiger partial charge in [-0.25, -0.2) is 4.90 Å². The van der Waals surface area contributed by atoms with Crippen molar-refractivity contribution in [3.05, 3.63) is 152 Å². The van der Waals surface area contributed by atoms with Gasteiger partial charge in [0.25, 0.3) is 11.8 Å². The molecular weight excluding hydrogens is 769 g/mol. The highest BCUT2D eigenvalue weighted by Gasteiger charge is 2.70. The highest BCUT2D eigenvalue weighted by atomic mass is 16.6. The minimum atomic E-state index is -1.57. The summed E-state index contributed by atoms with van der Waals surface area (Å²) in [5.41, 5.74) is 2.94. The molecule has 2 heterocycles. The molecule has 1 saturated carbocycles. The molecule has 4 aliphatic rings. The molecule has 0 radical (unpaired) electrons. The summed E-state index contributed by atoms with van der Waals surface area (Å²) in [6.45, 7) is 1.92. The number of imide groups is 2. The number of nitrogens with one attached hydrogen (secondary N) is 1. The minimum Gasteiger partial charge on any atom is -0.507 e. The summed E-state index contributed by atoms with van der Waals surface area (Å²) < 4.78 is 0. The number of hydrazine groups is 1. The van der Waals surface area contributed by atoms with E-state index in [1.807, 2.05) is 55.5 Å². The molecule has 0 aromatic heterocycles. The van der Waals surface area contributed by atoms with Crippen LogP contribution < -0.4 is 15.2 Å². The van der Waals surface area contributed by atoms with E-state index in [0.717, 1.165) is 27.6 Å². The van der Waals surface area contributed by atoms with Gasteiger partial charge < -0.3 is 10.0 Å². The second-order valence-electron chi connectivity index (χ2n) is 16.1. The lowest BCUT2D eigenvalue weighted by molar-refractivity contribution is -0.392. The van der Waals surface area contributed by atoms with Crippen LogP contribution in [0.25, 0.3) is 10.8 Å². The first-order valence-corrected chi connectivity index (χ1v) is 19.4. The van der Waals surface area contributed by atoms with Gasteiger partial charge in [0.1, 0.15) is 5.75 Å². The average Bonchev–Trinajstić information content (AvgIpc) is 3.62. The van der Waals surface area contributed by atoms with Crippen molar-refractivity contribution in [2.24, 2.45) is 23.7 Å². The number of amides is 4. The number of allylic oxidation sites excluding steroid dienone is 2. The number of aryl methyl sites for hydroxylation is 1. The fraction of sp³-hybridized carbons (Fsp3) is 0.244. The van der Waals surface area contributed by atoms with Crippen LogP contribution in [0.3, 0.4) is 0 Å². The third-order valence-corrected chi connectivity index (χ3v) is 12.8. The summed E-state index contributed by atoms with van der Waals surface area (Å²) in [7, 11) is 2.84. The Balaban J connectivity index is 1.25. The predicted octanol–water partition coefficient (Wildman–Crippen LogP) is 6.93. The monoisotopic (exact) mass is 806 g/mol. The number of hydrogen-bond acceptors (Lipinski definition) is 11. The Kier molecular flexibility index (Phi) is 8.80. The van der Waals surface area contributed by atoms with Gasteiger partial charge in [-0.3, -0.25) is 44.8 Å². The Morgan fingerprint density at radius 1 is 0.783 bits per heavy atom. The fourth-order valence-electron chi connectivity index (χ4n) is 10.4. The van der Waals surface area contributed by atoms with Gasteiger partial charge in [0.05, 0.1) is 44.4 Å². The SMILES string of the molecule is Cc1ccc(NN2C(=O)C3CC4C(=CCC5C(=O)N(c6cc([N+](=O)[O-])c(N(C)C)c([N+](=O)[O-])c6)C(=O)C54)C(c4ccc(O)c5ccccc45)C3(c3ccccc3)C2=O)cc1. The highest BCUT2D eigenvalue weighted by molar-refractivity contribution is 6.23. The molecule has 0 spiro atoms. The first-order valence-electron chi connectivity index (χ1n) is 19.4. The van der Waals surface area contributed by atoms with E-state index in [1.165, 1.54) is 19.0 Å². The second-order valence-corrected chi connectivity index (χ2v) is 16.1. The van der Waals surface area contributed by atoms with E-state index in [-0.39, 0.29) is 30.0 Å². The summed E-state index contributed by atoms with van der Waals surface area (Å²) in [5.74, 6) is -7.21. The normalized spacial score (nSPS) is 24.5. The number of carbonyl (C=O) groups is 4. The van der Waals surface area contributed by atoms with Crippen LogP contribution in [-0.4, -0.2) is 57.7 Å². The smallest absolute Gasteiger partial charge is 0.301 e. The van der Waals surface area contributed by atoms with E-state index in [4.69, 9.17) is 0 Å². The minimum absolute atomic E-state index is 0.0110. The first kappa shape index (κ1) is 38.1. The van der Waals surface area contributed by atoms with Crippen molar-refractivity contribution in [2.75, 3.05) is 29.3 Å². The van der Waals surface area contributed by atoms with Crippen molar-refractivity contribution in [1.82, 2.24) is 5.01 Å². The zero-order valence-electron chi connectivity index (χ0n) is 32.6. The van der Waals surface area contributed by atoms with Gasteiger partial charge in [0, 0.05) is 37.5 Å². The quantitative estimate of drug-likeness (QED) is 0.0714. The van der Waals surface area contributed by atoms with Crippen molar-refractivity contribution >= 4 is 62.8 Å². The number of nitrogens with zero attached hydrogens (tertiary/aromatic N) is 5. The van der Waals surface area contributed by atoms with Crippen LogP contribution in [0, 0.1) is 50.8 Å². The van der Waals surface area contributed by atoms with E-state index < -0.39 is 79.9 Å². The number of hydrogen-bond donors (Lipinski definition) is 2. The molecule has 3 fully saturated rings. The van der Waals surface area contributed by atoms with Gasteiger partial charge in [-0.05, 0) is 60.4 Å². The molecule has 6 unspecified atom stereocenters. The van der Waals surface area contributed by atoms with Gasteiger partial charge in [-0.15, -0.1) is 0 Å². The number of anilines is 3. The number of nitro benzene ring substituents is 2. The third kappa shape index (κ3) is 5.41. The largest absolute Gasteiger partial charge is 0.507 e. The van der Waals surface area contributed by atoms with Crippen molar-refractivity contribution in [1.29, 1.82) is 0 Å². The third-order valence-electron chi connectivity index (χ3n) is 12.8. The van der Waals surface area contributed by atoms with Crippen LogP contribution in [0.4, 0.5) is 28.4 Å². The number of phenolic OH excluding ortho intramolecular Hbond substituents is 1. The van der Waals surface area contributed by atoms with Crippen molar-refractivity contribution in [3.63, 3.8) is 0 Å². The molecule has 6 atom stereocenters. The molecule has 2 aliphatic heterocycles. The molecule has 2 saturated heterocycles. The molecule has 15 heteroatoms. The van der Waals surface area contributed by atoms with Crippen LogP contribution in [0.2, 0.25) is 0 Å². The molecular formula is C45H38N6O9. The molecule has 15 nitrogen and oxygen atoms in total. The second kappa shape index (κ2) is 13.9. The summed E-state index contributed by atoms with van der Waals surface area (Å²) in [5, 5.41) is 37.9. The maximum atomic E-state index is 15.6. The molecule has 5 aromatic rings. The van der Waals surface area contributed by atoms with Crippen LogP contribution in [-0.2, 0) is 24.6 Å². The van der Waals surface area contributed by atoms with Gasteiger partial charge in [-0.2, -0.15) is 5.01 Å². The molecule has 302 valence electrons. The number of aromatic hydroxyl groups is 1. The van der Waals surface area contributed by atoms with E-state index in [2.05, 4.69) is 5.43 Å². The van der Waals surface area contributed by atoms with Gasteiger partial charge >= 0.3 is 11.4 Å². The molecule has 4 amide bonds. The number of phenols is 1. The molecule has 9 rings (SSSR count). The van der Waals surface area contributed by atoms with Gasteiger partial charge in [0.2, 0.25) is 11.8 Å². The standard InChI is InChI=1S/C45H38N6O9/c1-24-13-15-26(16-14-24)46-49-42(54)34-23-33-31(39(45(34,44(49)56)25-9-5-4-6-10-25)30-19-20-37(52)29-12-8-7-11-28(29)30)17-18-32-38(33)43(55)48(41(32)53)27-21-35(50(57)58)40(47(2)3)36(22-27)51(59)60/h4-17,19-22,32-34,38-39,46,52H,18,23H2,1-3H3. The van der Waals surface area contributed by atoms with Crippen LogP contribution >= 0.6 is 0 Å². The first-order chi connectivity index (χ1) is 28.7. The van der Waals surface area contributed by atoms with Crippen LogP contribution in [0.1, 0.15) is 35.4 Å². The number of rotatable bonds is 8. The Bertz CT molecular complexity index is 2700. The fourth-order valence-corrected chi connectivity index (χ4v) is 10.4. The topological polar surface area (TPSA) is 197 Å². The number of fused-ring (bicyclic) bond motifs is 5. The summed E-state index contributed by atoms with van der Waals surface area (Å²) >= 11 is 0. The molecule has 5 aromatic carbocycles. The number of nitro groups is 2. The lowest BCUT2D eigenvalue weighted by Crippen LogP contribution is -2.53. The lowest BCUT2D eigenvalue weighted by atomic mass is 9.49.